The summed E-state index contributed by atoms with van der Waals surface area (Å²) in [4.78, 5) is 51.0. The summed E-state index contributed by atoms with van der Waals surface area (Å²) in [6.45, 7) is -0.264. The van der Waals surface area contributed by atoms with Gasteiger partial charge < -0.3 is 20.0 Å². The number of rotatable bonds is 5. The van der Waals surface area contributed by atoms with E-state index in [1.807, 2.05) is 0 Å². The van der Waals surface area contributed by atoms with Crippen LogP contribution in [0.15, 0.2) is 0 Å². The molecule has 22 heavy (non-hydrogen) atoms. The number of hydroxylamine groups is 2. The first-order valence-corrected chi connectivity index (χ1v) is 6.70. The Bertz CT molecular complexity index is 503. The van der Waals surface area contributed by atoms with E-state index < -0.39 is 35.5 Å². The van der Waals surface area contributed by atoms with E-state index in [2.05, 4.69) is 5.32 Å². The van der Waals surface area contributed by atoms with Gasteiger partial charge in [0.1, 0.15) is 18.6 Å². The summed E-state index contributed by atoms with van der Waals surface area (Å²) in [5.41, 5.74) is -2.28. The molecule has 1 N–H and O–H groups in total. The summed E-state index contributed by atoms with van der Waals surface area (Å²) in [5.74, 6) is -3.74. The Morgan fingerprint density at radius 1 is 1.45 bits per heavy atom. The van der Waals surface area contributed by atoms with Crippen molar-refractivity contribution in [3.63, 3.8) is 0 Å². The molecule has 0 radical (unpaired) electrons. The number of ether oxygens (including phenoxy) is 1. The first-order valence-electron chi connectivity index (χ1n) is 6.16. The Morgan fingerprint density at radius 2 is 2.14 bits per heavy atom. The van der Waals surface area contributed by atoms with E-state index in [0.717, 1.165) is 0 Å². The number of hydrogen-bond donors (Lipinski definition) is 1. The van der Waals surface area contributed by atoms with Crippen molar-refractivity contribution in [1.29, 1.82) is 0 Å². The summed E-state index contributed by atoms with van der Waals surface area (Å²) in [6, 6.07) is -1.06. The number of halogens is 1. The van der Waals surface area contributed by atoms with Crippen LogP contribution in [0.5, 0.6) is 0 Å². The molecule has 0 aromatic rings. The molecule has 2 aliphatic heterocycles. The molecule has 0 aromatic carbocycles. The number of alkyl halides is 1. The molecule has 116 valence electrons. The number of amides is 2. The van der Waals surface area contributed by atoms with Gasteiger partial charge >= 0.3 is 35.5 Å². The number of carboxylic acid groups (broad SMARTS) is 1. The smallest absolute Gasteiger partial charge is 0.544 e. The van der Waals surface area contributed by atoms with Crippen LogP contribution in [-0.4, -0.2) is 53.1 Å². The van der Waals surface area contributed by atoms with Gasteiger partial charge in [0, 0.05) is 18.7 Å². The van der Waals surface area contributed by atoms with E-state index in [1.165, 1.54) is 0 Å². The van der Waals surface area contributed by atoms with Crippen LogP contribution >= 0.6 is 11.6 Å². The fourth-order valence-electron chi connectivity index (χ4n) is 2.10. The number of esters is 1. The van der Waals surface area contributed by atoms with Gasteiger partial charge in [-0.25, -0.2) is 0 Å². The first-order chi connectivity index (χ1) is 9.90. The average molecular weight is 343 g/mol. The maximum Gasteiger partial charge on any atom is 1.00 e. The topological polar surface area (TPSA) is 125 Å². The van der Waals surface area contributed by atoms with Crippen molar-refractivity contribution in [1.82, 2.24) is 10.4 Å². The molecule has 2 saturated heterocycles. The minimum absolute atomic E-state index is 0. The van der Waals surface area contributed by atoms with Crippen molar-refractivity contribution in [3.8, 4) is 0 Å². The summed E-state index contributed by atoms with van der Waals surface area (Å²) in [6.07, 6.45) is -0.446. The van der Waals surface area contributed by atoms with Crippen molar-refractivity contribution >= 4 is 35.4 Å². The number of carboxylic acids is 1. The Morgan fingerprint density at radius 3 is 2.64 bits per heavy atom. The van der Waals surface area contributed by atoms with Crippen LogP contribution in [0.4, 0.5) is 0 Å². The number of nitrogens with zero attached hydrogens (tertiary/aromatic N) is 1. The zero-order valence-corrected chi connectivity index (χ0v) is 14.6. The van der Waals surface area contributed by atoms with Crippen LogP contribution in [-0.2, 0) is 28.8 Å². The molecule has 0 saturated carbocycles. The number of hydrogen-bond acceptors (Lipinski definition) is 7. The molecule has 11 heteroatoms. The molecule has 2 rings (SSSR count). The standard InChI is InChI=1S/C11H13ClN2O7.Na/c12-4-2-7(15)13-6-5-20-14(9(6)17)11(10(18)19)3-1-8(16)21-11;/h6H,1-5H2,(H,13,15)(H,18,19);/q;+1/p-1/t6-,11?;/m0./s1. The Kier molecular flexibility index (Phi) is 6.63. The fraction of sp³-hybridized carbons (Fsp3) is 0.636. The zero-order chi connectivity index (χ0) is 15.6. The molecule has 2 fully saturated rings. The van der Waals surface area contributed by atoms with Crippen LogP contribution < -0.4 is 40.0 Å². The molecule has 9 nitrogen and oxygen atoms in total. The molecule has 0 bridgehead atoms. The number of nitrogens with one attached hydrogen (secondary N) is 1. The summed E-state index contributed by atoms with van der Waals surface area (Å²) < 4.78 is 4.71. The Balaban J connectivity index is 0.00000242. The van der Waals surface area contributed by atoms with Gasteiger partial charge in [-0.05, 0) is 0 Å². The van der Waals surface area contributed by atoms with Gasteiger partial charge in [0.15, 0.2) is 0 Å². The second-order valence-corrected chi connectivity index (χ2v) is 4.91. The Labute approximate surface area is 152 Å². The minimum atomic E-state index is -2.28. The third kappa shape index (κ3) is 3.54. The molecule has 2 heterocycles. The Hall–Kier alpha value is -0.870. The quantitative estimate of drug-likeness (QED) is 0.300. The molecular weight excluding hydrogens is 331 g/mol. The van der Waals surface area contributed by atoms with Gasteiger partial charge in [-0.2, -0.15) is 5.06 Å². The molecule has 2 atom stereocenters. The molecule has 0 aromatic heterocycles. The van der Waals surface area contributed by atoms with Crippen molar-refractivity contribution < 1.29 is 63.4 Å². The molecular formula is C11H12ClN2NaO7. The normalized spacial score (nSPS) is 27.3. The van der Waals surface area contributed by atoms with E-state index in [4.69, 9.17) is 21.2 Å². The van der Waals surface area contributed by atoms with Crippen molar-refractivity contribution in [2.24, 2.45) is 0 Å². The van der Waals surface area contributed by atoms with E-state index in [-0.39, 0.29) is 61.3 Å². The van der Waals surface area contributed by atoms with Crippen molar-refractivity contribution in [2.45, 2.75) is 31.0 Å². The van der Waals surface area contributed by atoms with Crippen molar-refractivity contribution in [3.05, 3.63) is 0 Å². The predicted molar refractivity (Wildman–Crippen MR) is 63.1 cm³/mol. The van der Waals surface area contributed by atoms with E-state index >= 15 is 0 Å². The maximum atomic E-state index is 12.1. The second kappa shape index (κ2) is 7.60. The maximum absolute atomic E-state index is 12.1. The third-order valence-corrected chi connectivity index (χ3v) is 3.31. The van der Waals surface area contributed by atoms with Gasteiger partial charge in [-0.1, -0.05) is 0 Å². The van der Waals surface area contributed by atoms with Crippen LogP contribution in [0.1, 0.15) is 19.3 Å². The summed E-state index contributed by atoms with van der Waals surface area (Å²) in [7, 11) is 0. The van der Waals surface area contributed by atoms with Crippen LogP contribution in [0.3, 0.4) is 0 Å². The van der Waals surface area contributed by atoms with Crippen LogP contribution in [0.2, 0.25) is 0 Å². The number of carbonyl (C=O) groups is 4. The van der Waals surface area contributed by atoms with Gasteiger partial charge in [0.25, 0.3) is 11.6 Å². The summed E-state index contributed by atoms with van der Waals surface area (Å²) in [5, 5.41) is 14.1. The van der Waals surface area contributed by atoms with Gasteiger partial charge in [0.05, 0.1) is 6.42 Å². The van der Waals surface area contributed by atoms with Gasteiger partial charge in [0.2, 0.25) is 5.91 Å². The fourth-order valence-corrected chi connectivity index (χ4v) is 2.27. The van der Waals surface area contributed by atoms with E-state index in [1.54, 1.807) is 0 Å². The minimum Gasteiger partial charge on any atom is -0.544 e. The van der Waals surface area contributed by atoms with Crippen LogP contribution in [0, 0.1) is 0 Å². The monoisotopic (exact) mass is 342 g/mol. The molecule has 1 unspecified atom stereocenters. The molecule has 0 spiro atoms. The molecule has 0 aliphatic carbocycles. The molecule has 2 aliphatic rings. The van der Waals surface area contributed by atoms with E-state index in [9.17, 15) is 24.3 Å². The summed E-state index contributed by atoms with van der Waals surface area (Å²) >= 11 is 5.40. The molecule has 2 amide bonds. The number of cyclic esters (lactones) is 1. The number of aliphatic carboxylic acids is 1. The largest absolute Gasteiger partial charge is 1.00 e. The van der Waals surface area contributed by atoms with Crippen molar-refractivity contribution in [2.75, 3.05) is 12.5 Å². The van der Waals surface area contributed by atoms with Gasteiger partial charge in [-0.3, -0.25) is 19.2 Å². The number of carbonyl (C=O) groups excluding carboxylic acids is 4. The SMILES string of the molecule is O=C(CCCl)N[C@H]1CON(C2(C(=O)[O-])CCC(=O)O2)C1=O.[Na+]. The average Bonchev–Trinajstić information content (AvgIpc) is 2.96. The van der Waals surface area contributed by atoms with E-state index in [0.29, 0.717) is 5.06 Å². The van der Waals surface area contributed by atoms with Crippen LogP contribution in [0.25, 0.3) is 0 Å². The van der Waals surface area contributed by atoms with Gasteiger partial charge in [-0.15, -0.1) is 11.6 Å². The predicted octanol–water partition coefficient (Wildman–Crippen LogP) is -5.34. The second-order valence-electron chi connectivity index (χ2n) is 4.53. The third-order valence-electron chi connectivity index (χ3n) is 3.12. The first kappa shape index (κ1) is 19.2. The zero-order valence-electron chi connectivity index (χ0n) is 11.8.